The van der Waals surface area contributed by atoms with Crippen molar-refractivity contribution in [2.24, 2.45) is 0 Å². The van der Waals surface area contributed by atoms with Gasteiger partial charge in [-0.1, -0.05) is 15.9 Å². The van der Waals surface area contributed by atoms with Gasteiger partial charge in [0.1, 0.15) is 5.75 Å². The van der Waals surface area contributed by atoms with Crippen molar-refractivity contribution in [2.45, 2.75) is 6.92 Å². The molecule has 0 radical (unpaired) electrons. The summed E-state index contributed by atoms with van der Waals surface area (Å²) < 4.78 is 19.5. The van der Waals surface area contributed by atoms with Crippen molar-refractivity contribution >= 4 is 21.7 Å². The molecule has 2 rings (SSSR count). The molecule has 2 N–H and O–H groups in total. The minimum absolute atomic E-state index is 0.167. The predicted octanol–water partition coefficient (Wildman–Crippen LogP) is 2.94. The van der Waals surface area contributed by atoms with E-state index in [1.165, 1.54) is 0 Å². The number of nitrogens with two attached hydrogens (primary N) is 1. The topological polar surface area (TPSA) is 61.0 Å². The third-order valence-electron chi connectivity index (χ3n) is 2.44. The first kappa shape index (κ1) is 12.8. The first-order valence-corrected chi connectivity index (χ1v) is 5.95. The van der Waals surface area contributed by atoms with Crippen LogP contribution in [0.3, 0.4) is 0 Å². The highest BCUT2D eigenvalue weighted by molar-refractivity contribution is 9.10. The molecular weight excluding hydrogens is 301 g/mol. The third kappa shape index (κ3) is 2.28. The number of hydrogen-bond acceptors (Lipinski definition) is 4. The van der Waals surface area contributed by atoms with E-state index in [0.29, 0.717) is 17.1 Å². The van der Waals surface area contributed by atoms with Gasteiger partial charge in [0, 0.05) is 4.47 Å². The molecule has 1 aromatic heterocycles. The summed E-state index contributed by atoms with van der Waals surface area (Å²) >= 11 is 3.36. The lowest BCUT2D eigenvalue weighted by molar-refractivity contribution is 0.416. The van der Waals surface area contributed by atoms with Gasteiger partial charge in [0.25, 0.3) is 0 Å². The predicted molar refractivity (Wildman–Crippen MR) is 70.8 cm³/mol. The summed E-state index contributed by atoms with van der Waals surface area (Å²) in [4.78, 5) is 8.03. The van der Waals surface area contributed by atoms with Crippen LogP contribution in [0.15, 0.2) is 22.7 Å². The molecule has 0 fully saturated rings. The largest absolute Gasteiger partial charge is 0.496 e. The normalized spacial score (nSPS) is 10.4. The Hall–Kier alpha value is -1.69. The highest BCUT2D eigenvalue weighted by Crippen LogP contribution is 2.31. The first-order valence-electron chi connectivity index (χ1n) is 5.16. The van der Waals surface area contributed by atoms with Crippen molar-refractivity contribution in [3.8, 4) is 17.1 Å². The summed E-state index contributed by atoms with van der Waals surface area (Å²) in [6.45, 7) is 1.54. The zero-order valence-electron chi connectivity index (χ0n) is 9.87. The third-order valence-corrected chi connectivity index (χ3v) is 2.94. The van der Waals surface area contributed by atoms with Crippen LogP contribution in [0.1, 0.15) is 5.69 Å². The maximum atomic E-state index is 13.4. The van der Waals surface area contributed by atoms with E-state index in [-0.39, 0.29) is 11.5 Å². The number of nitrogens with zero attached hydrogens (tertiary/aromatic N) is 2. The summed E-state index contributed by atoms with van der Waals surface area (Å²) in [5.74, 6) is 0.181. The lowest BCUT2D eigenvalue weighted by Crippen LogP contribution is -2.03. The van der Waals surface area contributed by atoms with E-state index in [9.17, 15) is 4.39 Å². The molecule has 6 heteroatoms. The SMILES string of the molecule is COc1ccc(Br)cc1-c1nc(C)c(F)c(N)n1. The second kappa shape index (κ2) is 4.89. The number of halogens is 2. The van der Waals surface area contributed by atoms with Crippen LogP contribution in [0.5, 0.6) is 5.75 Å². The Morgan fingerprint density at radius 1 is 1.33 bits per heavy atom. The van der Waals surface area contributed by atoms with Crippen LogP contribution in [0.25, 0.3) is 11.4 Å². The van der Waals surface area contributed by atoms with Crippen LogP contribution in [0, 0.1) is 12.7 Å². The number of benzene rings is 1. The van der Waals surface area contributed by atoms with Crippen LogP contribution < -0.4 is 10.5 Å². The molecule has 0 bridgehead atoms. The van der Waals surface area contributed by atoms with Crippen LogP contribution in [0.4, 0.5) is 10.2 Å². The fourth-order valence-electron chi connectivity index (χ4n) is 1.56. The maximum absolute atomic E-state index is 13.4. The molecule has 1 aromatic carbocycles. The Bertz CT molecular complexity index is 581. The van der Waals surface area contributed by atoms with Crippen LogP contribution >= 0.6 is 15.9 Å². The molecule has 0 saturated heterocycles. The van der Waals surface area contributed by atoms with E-state index < -0.39 is 5.82 Å². The quantitative estimate of drug-likeness (QED) is 0.926. The summed E-state index contributed by atoms with van der Waals surface area (Å²) in [7, 11) is 1.55. The smallest absolute Gasteiger partial charge is 0.186 e. The molecule has 2 aromatic rings. The summed E-state index contributed by atoms with van der Waals surface area (Å²) in [5.41, 5.74) is 6.37. The molecule has 4 nitrogen and oxygen atoms in total. The van der Waals surface area contributed by atoms with Crippen LogP contribution in [-0.4, -0.2) is 17.1 Å². The van der Waals surface area contributed by atoms with Crippen molar-refractivity contribution in [1.82, 2.24) is 9.97 Å². The van der Waals surface area contributed by atoms with Crippen molar-refractivity contribution in [3.05, 3.63) is 34.2 Å². The second-order valence-corrected chi connectivity index (χ2v) is 4.59. The van der Waals surface area contributed by atoms with Gasteiger partial charge >= 0.3 is 0 Å². The Balaban J connectivity index is 2.65. The van der Waals surface area contributed by atoms with Gasteiger partial charge in [0.15, 0.2) is 17.5 Å². The number of hydrogen-bond donors (Lipinski definition) is 1. The first-order chi connectivity index (χ1) is 8.52. The van der Waals surface area contributed by atoms with Gasteiger partial charge in [0.05, 0.1) is 18.4 Å². The van der Waals surface area contributed by atoms with Gasteiger partial charge in [-0.15, -0.1) is 0 Å². The van der Waals surface area contributed by atoms with Crippen LogP contribution in [0.2, 0.25) is 0 Å². The molecule has 1 heterocycles. The highest BCUT2D eigenvalue weighted by Gasteiger charge is 2.14. The molecule has 0 unspecified atom stereocenters. The summed E-state index contributed by atoms with van der Waals surface area (Å²) in [5, 5.41) is 0. The lowest BCUT2D eigenvalue weighted by atomic mass is 10.2. The number of anilines is 1. The molecule has 18 heavy (non-hydrogen) atoms. The molecule has 0 amide bonds. The fourth-order valence-corrected chi connectivity index (χ4v) is 1.92. The van der Waals surface area contributed by atoms with E-state index >= 15 is 0 Å². The van der Waals surface area contributed by atoms with Crippen LogP contribution in [-0.2, 0) is 0 Å². The standard InChI is InChI=1S/C12H11BrFN3O/c1-6-10(14)11(15)17-12(16-6)8-5-7(13)3-4-9(8)18-2/h3-5H,1-2H3,(H2,15,16,17). The number of aryl methyl sites for hydroxylation is 1. The molecular formula is C12H11BrFN3O. The Labute approximate surface area is 112 Å². The van der Waals surface area contributed by atoms with Gasteiger partial charge in [0.2, 0.25) is 0 Å². The van der Waals surface area contributed by atoms with E-state index in [1.54, 1.807) is 26.2 Å². The zero-order valence-corrected chi connectivity index (χ0v) is 11.5. The molecule has 94 valence electrons. The van der Waals surface area contributed by atoms with Gasteiger partial charge < -0.3 is 10.5 Å². The molecule has 0 spiro atoms. The summed E-state index contributed by atoms with van der Waals surface area (Å²) in [6, 6.07) is 5.41. The fraction of sp³-hybridized carbons (Fsp3) is 0.167. The summed E-state index contributed by atoms with van der Waals surface area (Å²) in [6.07, 6.45) is 0. The van der Waals surface area contributed by atoms with E-state index in [0.717, 1.165) is 4.47 Å². The van der Waals surface area contributed by atoms with E-state index in [4.69, 9.17) is 10.5 Å². The van der Waals surface area contributed by atoms with Crippen molar-refractivity contribution in [3.63, 3.8) is 0 Å². The number of methoxy groups -OCH3 is 1. The molecule has 0 aliphatic heterocycles. The lowest BCUT2D eigenvalue weighted by Gasteiger charge is -2.09. The molecule has 0 aliphatic carbocycles. The minimum Gasteiger partial charge on any atom is -0.496 e. The van der Waals surface area contributed by atoms with Gasteiger partial charge in [-0.25, -0.2) is 14.4 Å². The van der Waals surface area contributed by atoms with Gasteiger partial charge in [-0.3, -0.25) is 0 Å². The average molecular weight is 312 g/mol. The highest BCUT2D eigenvalue weighted by atomic mass is 79.9. The van der Waals surface area contributed by atoms with Gasteiger partial charge in [-0.05, 0) is 25.1 Å². The van der Waals surface area contributed by atoms with Crippen molar-refractivity contribution in [1.29, 1.82) is 0 Å². The minimum atomic E-state index is -0.590. The number of nitrogen functional groups attached to an aromatic ring is 1. The van der Waals surface area contributed by atoms with Crippen molar-refractivity contribution < 1.29 is 9.13 Å². The monoisotopic (exact) mass is 311 g/mol. The van der Waals surface area contributed by atoms with E-state index in [1.807, 2.05) is 6.07 Å². The van der Waals surface area contributed by atoms with Gasteiger partial charge in [-0.2, -0.15) is 0 Å². The number of ether oxygens (including phenoxy) is 1. The van der Waals surface area contributed by atoms with E-state index in [2.05, 4.69) is 25.9 Å². The molecule has 0 aliphatic rings. The number of rotatable bonds is 2. The zero-order chi connectivity index (χ0) is 13.3. The Morgan fingerprint density at radius 2 is 2.06 bits per heavy atom. The molecule has 0 atom stereocenters. The Morgan fingerprint density at radius 3 is 2.67 bits per heavy atom. The van der Waals surface area contributed by atoms with Crippen molar-refractivity contribution in [2.75, 3.05) is 12.8 Å². The maximum Gasteiger partial charge on any atom is 0.186 e. The Kier molecular flexibility index (Phi) is 3.47. The molecule has 0 saturated carbocycles. The number of aromatic nitrogens is 2. The second-order valence-electron chi connectivity index (χ2n) is 3.68. The average Bonchev–Trinajstić information content (AvgIpc) is 2.35.